The average Bonchev–Trinajstić information content (AvgIpc) is 3.18. The summed E-state index contributed by atoms with van der Waals surface area (Å²) in [6, 6.07) is 19.3. The van der Waals surface area contributed by atoms with Crippen LogP contribution in [-0.4, -0.2) is 20.1 Å². The van der Waals surface area contributed by atoms with Gasteiger partial charge in [0.1, 0.15) is 18.0 Å². The number of nitrogens with one attached hydrogen (secondary N) is 2. The van der Waals surface area contributed by atoms with Crippen molar-refractivity contribution in [3.63, 3.8) is 0 Å². The minimum Gasteiger partial charge on any atom is -0.383 e. The molecule has 32 heavy (non-hydrogen) atoms. The minimum absolute atomic E-state index is 0.311. The Morgan fingerprint density at radius 1 is 1.00 bits per heavy atom. The molecule has 0 aliphatic carbocycles. The third-order valence-electron chi connectivity index (χ3n) is 5.57. The lowest BCUT2D eigenvalue weighted by Crippen LogP contribution is -2.12. The molecule has 0 radical (unpaired) electrons. The number of para-hydroxylation sites is 1. The maximum absolute atomic E-state index is 8.04. The van der Waals surface area contributed by atoms with Gasteiger partial charge in [-0.25, -0.2) is 9.97 Å². The van der Waals surface area contributed by atoms with Crippen molar-refractivity contribution in [3.8, 4) is 0 Å². The molecule has 6 nitrogen and oxygen atoms in total. The van der Waals surface area contributed by atoms with E-state index in [2.05, 4.69) is 81.2 Å². The van der Waals surface area contributed by atoms with E-state index >= 15 is 0 Å². The maximum atomic E-state index is 8.04. The van der Waals surface area contributed by atoms with Gasteiger partial charge >= 0.3 is 0 Å². The zero-order chi connectivity index (χ0) is 22.8. The molecule has 0 fully saturated rings. The Labute approximate surface area is 187 Å². The van der Waals surface area contributed by atoms with Gasteiger partial charge in [-0.15, -0.1) is 0 Å². The first-order valence-corrected chi connectivity index (χ1v) is 10.9. The lowest BCUT2D eigenvalue weighted by Gasteiger charge is -2.15. The molecule has 2 aromatic carbocycles. The van der Waals surface area contributed by atoms with Crippen molar-refractivity contribution in [1.82, 2.24) is 14.4 Å². The first kappa shape index (κ1) is 21.3. The van der Waals surface area contributed by atoms with Gasteiger partial charge in [-0.1, -0.05) is 50.2 Å². The third kappa shape index (κ3) is 3.54. The first-order valence-electron chi connectivity index (χ1n) is 10.9. The van der Waals surface area contributed by atoms with Gasteiger partial charge < -0.3 is 20.9 Å². The van der Waals surface area contributed by atoms with Crippen molar-refractivity contribution in [2.24, 2.45) is 0 Å². The molecule has 0 unspecified atom stereocenters. The smallest absolute Gasteiger partial charge is 0.140 e. The number of nitrogens with two attached hydrogens (primary N) is 1. The molecule has 0 atom stereocenters. The van der Waals surface area contributed by atoms with E-state index in [1.54, 1.807) is 6.92 Å². The van der Waals surface area contributed by atoms with Crippen LogP contribution in [0, 0.1) is 12.3 Å². The number of nitrogen functional groups attached to an aromatic ring is 1. The molecule has 0 aliphatic heterocycles. The molecule has 162 valence electrons. The molecular weight excluding hydrogens is 396 g/mol. The fraction of sp³-hybridized carbons (Fsp3) is 0.192. The van der Waals surface area contributed by atoms with Crippen LogP contribution in [0.15, 0.2) is 60.9 Å². The molecule has 0 bridgehead atoms. The van der Waals surface area contributed by atoms with Crippen molar-refractivity contribution in [2.75, 3.05) is 11.1 Å². The molecule has 0 spiro atoms. The summed E-state index contributed by atoms with van der Waals surface area (Å²) < 4.78 is 2.30. The van der Waals surface area contributed by atoms with Crippen LogP contribution in [0.4, 0.5) is 11.6 Å². The number of benzene rings is 2. The molecule has 0 saturated carbocycles. The van der Waals surface area contributed by atoms with Crippen molar-refractivity contribution in [1.29, 1.82) is 5.41 Å². The number of aryl methyl sites for hydroxylation is 1. The lowest BCUT2D eigenvalue weighted by atomic mass is 10.0. The molecule has 0 saturated heterocycles. The van der Waals surface area contributed by atoms with E-state index in [9.17, 15) is 0 Å². The van der Waals surface area contributed by atoms with Gasteiger partial charge in [0.2, 0.25) is 0 Å². The Balaban J connectivity index is 0.00000119. The highest BCUT2D eigenvalue weighted by Crippen LogP contribution is 2.31. The number of hydrogen-bond donors (Lipinski definition) is 3. The molecule has 6 heteroatoms. The summed E-state index contributed by atoms with van der Waals surface area (Å²) in [7, 11) is 0. The van der Waals surface area contributed by atoms with Crippen LogP contribution in [-0.2, 0) is 6.54 Å². The summed E-state index contributed by atoms with van der Waals surface area (Å²) in [5.41, 5.74) is 11.6. The van der Waals surface area contributed by atoms with Gasteiger partial charge in [0.05, 0.1) is 23.1 Å². The summed E-state index contributed by atoms with van der Waals surface area (Å²) in [6.07, 6.45) is 1.43. The Kier molecular flexibility index (Phi) is 5.77. The molecule has 0 aliphatic rings. The van der Waals surface area contributed by atoms with E-state index in [0.717, 1.165) is 5.69 Å². The monoisotopic (exact) mass is 424 g/mol. The Hall–Kier alpha value is -3.93. The van der Waals surface area contributed by atoms with Crippen molar-refractivity contribution in [2.45, 2.75) is 34.2 Å². The molecular formula is C26H28N6. The van der Waals surface area contributed by atoms with E-state index in [1.807, 2.05) is 13.8 Å². The Morgan fingerprint density at radius 2 is 1.75 bits per heavy atom. The second-order valence-corrected chi connectivity index (χ2v) is 7.56. The lowest BCUT2D eigenvalue weighted by molar-refractivity contribution is 1.00. The molecule has 5 aromatic rings. The zero-order valence-corrected chi connectivity index (χ0v) is 18.9. The van der Waals surface area contributed by atoms with Gasteiger partial charge in [0, 0.05) is 22.2 Å². The number of aromatic nitrogens is 3. The second-order valence-electron chi connectivity index (χ2n) is 7.56. The van der Waals surface area contributed by atoms with Crippen LogP contribution in [0.2, 0.25) is 0 Å². The van der Waals surface area contributed by atoms with Crippen LogP contribution >= 0.6 is 0 Å². The largest absolute Gasteiger partial charge is 0.383 e. The molecule has 4 N–H and O–H groups in total. The van der Waals surface area contributed by atoms with Gasteiger partial charge in [-0.05, 0) is 43.0 Å². The fourth-order valence-corrected chi connectivity index (χ4v) is 4.26. The summed E-state index contributed by atoms with van der Waals surface area (Å²) in [5, 5.41) is 15.1. The van der Waals surface area contributed by atoms with Crippen LogP contribution in [0.25, 0.3) is 27.2 Å². The summed E-state index contributed by atoms with van der Waals surface area (Å²) >= 11 is 0. The van der Waals surface area contributed by atoms with E-state index in [1.165, 1.54) is 39.1 Å². The summed E-state index contributed by atoms with van der Waals surface area (Å²) in [5.74, 6) is 0.884. The van der Waals surface area contributed by atoms with Gasteiger partial charge in [-0.3, -0.25) is 0 Å². The van der Waals surface area contributed by atoms with E-state index in [4.69, 9.17) is 11.1 Å². The summed E-state index contributed by atoms with van der Waals surface area (Å²) in [4.78, 5) is 8.36. The van der Waals surface area contributed by atoms with Gasteiger partial charge in [0.15, 0.2) is 0 Å². The predicted octanol–water partition coefficient (Wildman–Crippen LogP) is 5.95. The number of fused-ring (bicyclic) bond motifs is 5. The minimum atomic E-state index is 0.311. The number of hydrogen-bond acceptors (Lipinski definition) is 5. The topological polar surface area (TPSA) is 92.1 Å². The molecule has 3 aromatic heterocycles. The second kappa shape index (κ2) is 8.67. The van der Waals surface area contributed by atoms with Crippen LogP contribution < -0.4 is 11.1 Å². The number of nitrogens with zero attached hydrogens (tertiary/aromatic N) is 3. The van der Waals surface area contributed by atoms with E-state index in [-0.39, 0.29) is 0 Å². The normalized spacial score (nSPS) is 10.9. The first-order chi connectivity index (χ1) is 15.5. The molecule has 3 heterocycles. The maximum Gasteiger partial charge on any atom is 0.140 e. The highest BCUT2D eigenvalue weighted by Gasteiger charge is 2.15. The van der Waals surface area contributed by atoms with E-state index in [0.29, 0.717) is 29.5 Å². The Bertz CT molecular complexity index is 1450. The fourth-order valence-electron chi connectivity index (χ4n) is 4.26. The van der Waals surface area contributed by atoms with Crippen LogP contribution in [0.3, 0.4) is 0 Å². The predicted molar refractivity (Wildman–Crippen MR) is 135 cm³/mol. The quantitative estimate of drug-likeness (QED) is 0.311. The summed E-state index contributed by atoms with van der Waals surface area (Å²) in [6.45, 7) is 8.38. The van der Waals surface area contributed by atoms with Crippen LogP contribution in [0.5, 0.6) is 0 Å². The molecule has 0 amide bonds. The van der Waals surface area contributed by atoms with E-state index < -0.39 is 0 Å². The zero-order valence-electron chi connectivity index (χ0n) is 18.9. The van der Waals surface area contributed by atoms with Gasteiger partial charge in [-0.2, -0.15) is 0 Å². The number of rotatable bonds is 4. The van der Waals surface area contributed by atoms with Crippen LogP contribution in [0.1, 0.15) is 37.6 Å². The Morgan fingerprint density at radius 3 is 2.53 bits per heavy atom. The SMILES string of the molecule is CC.CC(=N)c1c(N)ncnc1NCc1cc2cccc(C)c2c2cc3ccccc3n12. The highest BCUT2D eigenvalue weighted by atomic mass is 15.1. The van der Waals surface area contributed by atoms with Crippen molar-refractivity contribution in [3.05, 3.63) is 77.7 Å². The van der Waals surface area contributed by atoms with Crippen molar-refractivity contribution < 1.29 is 0 Å². The average molecular weight is 425 g/mol. The number of anilines is 2. The highest BCUT2D eigenvalue weighted by molar-refractivity contribution is 6.05. The standard InChI is InChI=1S/C24H22N6.C2H6/c1-14-6-5-8-17-10-18(12-27-24-22(15(2)25)23(26)28-13-29-24)30-19-9-4-3-7-16(19)11-20(30)21(14)17;1-2/h3-11,13,25H,12H2,1-2H3,(H3,26,27,28,29);1-2H3. The number of pyridine rings is 1. The molecule has 5 rings (SSSR count). The van der Waals surface area contributed by atoms with Crippen molar-refractivity contribution >= 4 is 44.5 Å². The third-order valence-corrected chi connectivity index (χ3v) is 5.57. The van der Waals surface area contributed by atoms with Gasteiger partial charge in [0.25, 0.3) is 0 Å².